The van der Waals surface area contributed by atoms with Gasteiger partial charge in [-0.3, -0.25) is 4.79 Å². The Hall–Kier alpha value is -3.40. The number of halogens is 2. The molecule has 2 rings (SSSR count). The lowest BCUT2D eigenvalue weighted by molar-refractivity contribution is -0.0512. The monoisotopic (exact) mass is 359 g/mol. The first kappa shape index (κ1) is 18.9. The fourth-order valence-electron chi connectivity index (χ4n) is 2.20. The summed E-state index contributed by atoms with van der Waals surface area (Å²) >= 11 is 0. The fourth-order valence-corrected chi connectivity index (χ4v) is 2.20. The van der Waals surface area contributed by atoms with Gasteiger partial charge in [0, 0.05) is 5.56 Å². The lowest BCUT2D eigenvalue weighted by Crippen LogP contribution is -2.04. The van der Waals surface area contributed by atoms with Gasteiger partial charge in [-0.1, -0.05) is 18.2 Å². The number of nitrogens with zero attached hydrogens (tertiary/aromatic N) is 1. The third-order valence-corrected chi connectivity index (χ3v) is 3.41. The lowest BCUT2D eigenvalue weighted by Gasteiger charge is -2.10. The van der Waals surface area contributed by atoms with Crippen LogP contribution < -0.4 is 14.2 Å². The van der Waals surface area contributed by atoms with Gasteiger partial charge in [-0.05, 0) is 35.9 Å². The maximum Gasteiger partial charge on any atom is 0.387 e. The SMILES string of the molecule is COc1cccc(C(=O)C(C#N)=Cc2ccc(OC(F)F)c(OC)c2)c1. The molecule has 2 aromatic carbocycles. The summed E-state index contributed by atoms with van der Waals surface area (Å²) < 4.78 is 39.2. The molecule has 0 aliphatic heterocycles. The van der Waals surface area contributed by atoms with Crippen LogP contribution in [-0.2, 0) is 0 Å². The zero-order valence-electron chi connectivity index (χ0n) is 14.0. The number of hydrogen-bond donors (Lipinski definition) is 0. The number of methoxy groups -OCH3 is 2. The van der Waals surface area contributed by atoms with Crippen LogP contribution in [0, 0.1) is 11.3 Å². The molecule has 0 saturated carbocycles. The van der Waals surface area contributed by atoms with Crippen LogP contribution in [0.1, 0.15) is 15.9 Å². The zero-order chi connectivity index (χ0) is 19.1. The smallest absolute Gasteiger partial charge is 0.387 e. The third kappa shape index (κ3) is 4.57. The van der Waals surface area contributed by atoms with Crippen molar-refractivity contribution in [2.75, 3.05) is 14.2 Å². The summed E-state index contributed by atoms with van der Waals surface area (Å²) in [5.74, 6) is -0.0796. The van der Waals surface area contributed by atoms with Crippen molar-refractivity contribution in [2.24, 2.45) is 0 Å². The van der Waals surface area contributed by atoms with Crippen LogP contribution >= 0.6 is 0 Å². The van der Waals surface area contributed by atoms with Gasteiger partial charge in [0.15, 0.2) is 11.5 Å². The topological polar surface area (TPSA) is 68.6 Å². The first-order valence-electron chi connectivity index (χ1n) is 7.42. The van der Waals surface area contributed by atoms with Crippen molar-refractivity contribution in [1.29, 1.82) is 5.26 Å². The van der Waals surface area contributed by atoms with Crippen LogP contribution in [-0.4, -0.2) is 26.6 Å². The Morgan fingerprint density at radius 2 is 1.88 bits per heavy atom. The fraction of sp³-hybridized carbons (Fsp3) is 0.158. The van der Waals surface area contributed by atoms with Crippen molar-refractivity contribution in [2.45, 2.75) is 6.61 Å². The number of carbonyl (C=O) groups excluding carboxylic acids is 1. The van der Waals surface area contributed by atoms with E-state index in [1.165, 1.54) is 44.6 Å². The highest BCUT2D eigenvalue weighted by Gasteiger charge is 2.15. The number of ketones is 1. The molecular formula is C19H15F2NO4. The Bertz CT molecular complexity index is 872. The van der Waals surface area contributed by atoms with Crippen molar-refractivity contribution in [3.8, 4) is 23.3 Å². The predicted molar refractivity (Wildman–Crippen MR) is 90.5 cm³/mol. The van der Waals surface area contributed by atoms with Gasteiger partial charge in [0.25, 0.3) is 0 Å². The molecule has 0 atom stereocenters. The number of hydrogen-bond acceptors (Lipinski definition) is 5. The van der Waals surface area contributed by atoms with E-state index in [-0.39, 0.29) is 17.1 Å². The molecule has 2 aromatic rings. The molecule has 0 unspecified atom stereocenters. The quantitative estimate of drug-likeness (QED) is 0.423. The molecule has 26 heavy (non-hydrogen) atoms. The molecule has 0 heterocycles. The first-order valence-corrected chi connectivity index (χ1v) is 7.42. The minimum atomic E-state index is -2.99. The number of benzene rings is 2. The van der Waals surface area contributed by atoms with Crippen molar-refractivity contribution >= 4 is 11.9 Å². The molecule has 5 nitrogen and oxygen atoms in total. The van der Waals surface area contributed by atoms with E-state index in [9.17, 15) is 18.8 Å². The van der Waals surface area contributed by atoms with Crippen LogP contribution in [0.4, 0.5) is 8.78 Å². The van der Waals surface area contributed by atoms with E-state index in [1.54, 1.807) is 18.2 Å². The second-order valence-corrected chi connectivity index (χ2v) is 5.02. The Morgan fingerprint density at radius 1 is 1.12 bits per heavy atom. The third-order valence-electron chi connectivity index (χ3n) is 3.41. The van der Waals surface area contributed by atoms with Crippen molar-refractivity contribution in [3.05, 3.63) is 59.2 Å². The van der Waals surface area contributed by atoms with Crippen molar-refractivity contribution in [3.63, 3.8) is 0 Å². The van der Waals surface area contributed by atoms with Gasteiger partial charge < -0.3 is 14.2 Å². The Labute approximate surface area is 149 Å². The Balaban J connectivity index is 2.36. The van der Waals surface area contributed by atoms with Crippen LogP contribution in [0.5, 0.6) is 17.2 Å². The maximum absolute atomic E-state index is 12.5. The summed E-state index contributed by atoms with van der Waals surface area (Å²) in [6.07, 6.45) is 1.34. The molecule has 0 amide bonds. The molecule has 0 spiro atoms. The van der Waals surface area contributed by atoms with Gasteiger partial charge in [0.1, 0.15) is 17.4 Å². The van der Waals surface area contributed by atoms with Gasteiger partial charge in [-0.2, -0.15) is 14.0 Å². The van der Waals surface area contributed by atoms with Crippen molar-refractivity contribution < 1.29 is 27.8 Å². The summed E-state index contributed by atoms with van der Waals surface area (Å²) in [5, 5.41) is 9.32. The number of ether oxygens (including phenoxy) is 3. The van der Waals surface area contributed by atoms with Crippen LogP contribution in [0.25, 0.3) is 6.08 Å². The van der Waals surface area contributed by atoms with Gasteiger partial charge in [0.05, 0.1) is 14.2 Å². The second-order valence-electron chi connectivity index (χ2n) is 5.02. The number of allylic oxidation sites excluding steroid dienone is 1. The molecule has 0 aromatic heterocycles. The highest BCUT2D eigenvalue weighted by Crippen LogP contribution is 2.30. The van der Waals surface area contributed by atoms with E-state index in [0.717, 1.165) is 0 Å². The number of alkyl halides is 2. The first-order chi connectivity index (χ1) is 12.5. The number of rotatable bonds is 7. The molecule has 0 saturated heterocycles. The van der Waals surface area contributed by atoms with Crippen molar-refractivity contribution in [1.82, 2.24) is 0 Å². The van der Waals surface area contributed by atoms with E-state index < -0.39 is 12.4 Å². The normalized spacial score (nSPS) is 11.0. The van der Waals surface area contributed by atoms with E-state index >= 15 is 0 Å². The van der Waals surface area contributed by atoms with E-state index in [0.29, 0.717) is 16.9 Å². The Morgan fingerprint density at radius 3 is 2.50 bits per heavy atom. The van der Waals surface area contributed by atoms with Gasteiger partial charge >= 0.3 is 6.61 Å². The van der Waals surface area contributed by atoms with E-state index in [2.05, 4.69) is 4.74 Å². The highest BCUT2D eigenvalue weighted by molar-refractivity contribution is 6.14. The standard InChI is InChI=1S/C19H15F2NO4/c1-24-15-5-3-4-13(10-15)18(23)14(11-22)8-12-6-7-16(26-19(20)21)17(9-12)25-2/h3-10,19H,1-2H3. The van der Waals surface area contributed by atoms with E-state index in [4.69, 9.17) is 9.47 Å². The van der Waals surface area contributed by atoms with Gasteiger partial charge in [-0.25, -0.2) is 0 Å². The molecule has 7 heteroatoms. The maximum atomic E-state index is 12.5. The number of nitriles is 1. The molecule has 0 radical (unpaired) electrons. The Kier molecular flexibility index (Phi) is 6.28. The molecule has 0 N–H and O–H groups in total. The van der Waals surface area contributed by atoms with Gasteiger partial charge in [-0.15, -0.1) is 0 Å². The molecule has 134 valence electrons. The minimum absolute atomic E-state index is 0.0603. The second kappa shape index (κ2) is 8.62. The molecular weight excluding hydrogens is 344 g/mol. The average molecular weight is 359 g/mol. The highest BCUT2D eigenvalue weighted by atomic mass is 19.3. The van der Waals surface area contributed by atoms with E-state index in [1.807, 2.05) is 6.07 Å². The summed E-state index contributed by atoms with van der Waals surface area (Å²) in [7, 11) is 2.77. The number of carbonyl (C=O) groups is 1. The summed E-state index contributed by atoms with van der Waals surface area (Å²) in [5.41, 5.74) is 0.598. The predicted octanol–water partition coefficient (Wildman–Crippen LogP) is 4.10. The summed E-state index contributed by atoms with van der Waals surface area (Å²) in [6.45, 7) is -2.99. The summed E-state index contributed by atoms with van der Waals surface area (Å²) in [6, 6.07) is 12.4. The summed E-state index contributed by atoms with van der Waals surface area (Å²) in [4.78, 5) is 12.5. The molecule has 0 fully saturated rings. The van der Waals surface area contributed by atoms with Crippen LogP contribution in [0.15, 0.2) is 48.0 Å². The molecule has 0 aliphatic rings. The largest absolute Gasteiger partial charge is 0.497 e. The molecule has 0 aliphatic carbocycles. The van der Waals surface area contributed by atoms with Crippen LogP contribution in [0.2, 0.25) is 0 Å². The molecule has 0 bridgehead atoms. The van der Waals surface area contributed by atoms with Gasteiger partial charge in [0.2, 0.25) is 5.78 Å². The zero-order valence-corrected chi connectivity index (χ0v) is 14.0. The number of Topliss-reactive ketones (excluding diaryl/α,β-unsaturated/α-hetero) is 1. The average Bonchev–Trinajstić information content (AvgIpc) is 2.66. The van der Waals surface area contributed by atoms with Crippen LogP contribution in [0.3, 0.4) is 0 Å². The lowest BCUT2D eigenvalue weighted by atomic mass is 10.0. The minimum Gasteiger partial charge on any atom is -0.497 e.